The zero-order chi connectivity index (χ0) is 19.3. The topological polar surface area (TPSA) is 74.0 Å². The van der Waals surface area contributed by atoms with E-state index in [4.69, 9.17) is 5.84 Å². The lowest BCUT2D eigenvalue weighted by atomic mass is 9.90. The molecule has 0 unspecified atom stereocenters. The van der Waals surface area contributed by atoms with Crippen molar-refractivity contribution in [3.8, 4) is 0 Å². The van der Waals surface area contributed by atoms with Crippen LogP contribution in [0.3, 0.4) is 0 Å². The lowest BCUT2D eigenvalue weighted by Gasteiger charge is -2.32. The van der Waals surface area contributed by atoms with Gasteiger partial charge in [-0.05, 0) is 42.9 Å². The number of likely N-dealkylation sites (tertiary alicyclic amines) is 1. The van der Waals surface area contributed by atoms with E-state index in [-0.39, 0.29) is 6.03 Å². The van der Waals surface area contributed by atoms with Crippen molar-refractivity contribution in [1.82, 2.24) is 9.91 Å². The Kier molecular flexibility index (Phi) is 5.58. The third-order valence-electron chi connectivity index (χ3n) is 5.54. The summed E-state index contributed by atoms with van der Waals surface area (Å²) in [6, 6.07) is 18.2. The summed E-state index contributed by atoms with van der Waals surface area (Å²) < 4.78 is 0. The summed E-state index contributed by atoms with van der Waals surface area (Å²) in [6.45, 7) is 3.16. The van der Waals surface area contributed by atoms with Crippen molar-refractivity contribution in [3.05, 3.63) is 65.7 Å². The van der Waals surface area contributed by atoms with Crippen molar-refractivity contribution >= 4 is 17.6 Å². The fourth-order valence-corrected chi connectivity index (χ4v) is 3.90. The maximum atomic E-state index is 12.4. The summed E-state index contributed by atoms with van der Waals surface area (Å²) in [5.74, 6) is 7.44. The average molecular weight is 377 g/mol. The number of urea groups is 1. The summed E-state index contributed by atoms with van der Waals surface area (Å²) in [6.07, 6.45) is 3.12. The van der Waals surface area contributed by atoms with E-state index in [1.54, 1.807) is 5.01 Å². The van der Waals surface area contributed by atoms with Gasteiger partial charge in [0.15, 0.2) is 0 Å². The van der Waals surface area contributed by atoms with Crippen LogP contribution in [-0.4, -0.2) is 48.0 Å². The van der Waals surface area contributed by atoms with Crippen LogP contribution in [0.4, 0.5) is 10.5 Å². The summed E-state index contributed by atoms with van der Waals surface area (Å²) in [5.41, 5.74) is 3.26. The van der Waals surface area contributed by atoms with Crippen LogP contribution in [0.2, 0.25) is 0 Å². The summed E-state index contributed by atoms with van der Waals surface area (Å²) in [7, 11) is 0. The monoisotopic (exact) mass is 377 g/mol. The van der Waals surface area contributed by atoms with Crippen LogP contribution in [0.25, 0.3) is 0 Å². The number of benzene rings is 2. The van der Waals surface area contributed by atoms with Crippen LogP contribution in [0.5, 0.6) is 0 Å². The molecular weight excluding hydrogens is 350 g/mol. The molecule has 2 aromatic carbocycles. The average Bonchev–Trinajstić information content (AvgIpc) is 3.16. The number of nitrogens with zero attached hydrogens (tertiary/aromatic N) is 3. The maximum Gasteiger partial charge on any atom is 0.321 e. The number of amides is 2. The summed E-state index contributed by atoms with van der Waals surface area (Å²) in [4.78, 5) is 18.8. The highest BCUT2D eigenvalue weighted by atomic mass is 16.2. The first-order chi connectivity index (χ1) is 13.7. The number of hydrogen-bond acceptors (Lipinski definition) is 4. The van der Waals surface area contributed by atoms with Gasteiger partial charge in [0.2, 0.25) is 0 Å². The first kappa shape index (κ1) is 18.5. The summed E-state index contributed by atoms with van der Waals surface area (Å²) in [5, 5.41) is 4.69. The fourth-order valence-electron chi connectivity index (χ4n) is 3.90. The van der Waals surface area contributed by atoms with E-state index in [1.807, 2.05) is 35.2 Å². The molecular formula is C22H27N5O. The molecule has 4 rings (SSSR count). The normalized spacial score (nSPS) is 17.5. The van der Waals surface area contributed by atoms with Gasteiger partial charge in [-0.2, -0.15) is 0 Å². The lowest BCUT2D eigenvalue weighted by Crippen LogP contribution is -2.41. The first-order valence-electron chi connectivity index (χ1n) is 9.96. The van der Waals surface area contributed by atoms with Gasteiger partial charge in [-0.15, -0.1) is 0 Å². The van der Waals surface area contributed by atoms with Crippen LogP contribution >= 0.6 is 0 Å². The smallest absolute Gasteiger partial charge is 0.321 e. The van der Waals surface area contributed by atoms with Gasteiger partial charge in [-0.3, -0.25) is 10.0 Å². The van der Waals surface area contributed by atoms with Crippen molar-refractivity contribution in [2.45, 2.75) is 19.3 Å². The molecule has 0 saturated carbocycles. The number of nitrogens with two attached hydrogens (primary N) is 1. The Morgan fingerprint density at radius 3 is 2.39 bits per heavy atom. The Morgan fingerprint density at radius 1 is 1.04 bits per heavy atom. The Hall–Kier alpha value is -2.86. The summed E-state index contributed by atoms with van der Waals surface area (Å²) >= 11 is 0. The largest absolute Gasteiger partial charge is 0.325 e. The molecule has 2 aromatic rings. The van der Waals surface area contributed by atoms with E-state index in [2.05, 4.69) is 34.6 Å². The van der Waals surface area contributed by atoms with Crippen molar-refractivity contribution in [2.75, 3.05) is 31.5 Å². The Bertz CT molecular complexity index is 826. The van der Waals surface area contributed by atoms with Crippen molar-refractivity contribution < 1.29 is 4.79 Å². The molecule has 1 saturated heterocycles. The highest BCUT2D eigenvalue weighted by molar-refractivity contribution is 5.99. The predicted octanol–water partition coefficient (Wildman–Crippen LogP) is 3.11. The van der Waals surface area contributed by atoms with Crippen molar-refractivity contribution in [1.29, 1.82) is 0 Å². The van der Waals surface area contributed by atoms with Gasteiger partial charge in [0, 0.05) is 24.3 Å². The number of piperidine rings is 1. The molecule has 2 aliphatic heterocycles. The molecule has 1 fully saturated rings. The maximum absolute atomic E-state index is 12.4. The Labute approximate surface area is 166 Å². The minimum atomic E-state index is -0.00215. The van der Waals surface area contributed by atoms with E-state index < -0.39 is 0 Å². The van der Waals surface area contributed by atoms with Gasteiger partial charge in [0.1, 0.15) is 5.84 Å². The number of rotatable bonds is 4. The van der Waals surface area contributed by atoms with Crippen molar-refractivity contribution in [3.63, 3.8) is 0 Å². The van der Waals surface area contributed by atoms with Gasteiger partial charge in [0.05, 0.1) is 13.1 Å². The highest BCUT2D eigenvalue weighted by Crippen LogP contribution is 2.23. The molecule has 0 radical (unpaired) electrons. The molecule has 0 spiro atoms. The number of carbonyl (C=O) groups is 1. The van der Waals surface area contributed by atoms with Crippen LogP contribution in [0, 0.1) is 5.92 Å². The number of anilines is 1. The second-order valence-corrected chi connectivity index (χ2v) is 7.53. The molecule has 2 aliphatic rings. The van der Waals surface area contributed by atoms with E-state index >= 15 is 0 Å². The number of hydrogen-bond donors (Lipinski definition) is 2. The fraction of sp³-hybridized carbons (Fsp3) is 0.364. The minimum Gasteiger partial charge on any atom is -0.325 e. The number of nitrogens with one attached hydrogen (secondary N) is 1. The molecule has 6 nitrogen and oxygen atoms in total. The standard InChI is InChI=1S/C22H27N5O/c23-27-15-12-24-21(27)19-8-6-17(7-9-19)16-18-10-13-26(14-11-18)22(28)25-20-4-2-1-3-5-20/h1-9,18H,10-16,23H2,(H,25,28). The highest BCUT2D eigenvalue weighted by Gasteiger charge is 2.23. The zero-order valence-corrected chi connectivity index (χ0v) is 16.1. The van der Waals surface area contributed by atoms with Crippen LogP contribution < -0.4 is 11.2 Å². The molecule has 146 valence electrons. The number of aliphatic imine (C=N–C) groups is 1. The van der Waals surface area contributed by atoms with Crippen molar-refractivity contribution in [2.24, 2.45) is 16.8 Å². The quantitative estimate of drug-likeness (QED) is 0.804. The first-order valence-corrected chi connectivity index (χ1v) is 9.96. The second kappa shape index (κ2) is 8.44. The predicted molar refractivity (Wildman–Crippen MR) is 112 cm³/mol. The Morgan fingerprint density at radius 2 is 1.75 bits per heavy atom. The van der Waals surface area contributed by atoms with E-state index in [0.29, 0.717) is 5.92 Å². The van der Waals surface area contributed by atoms with Gasteiger partial charge in [-0.1, -0.05) is 42.5 Å². The zero-order valence-electron chi connectivity index (χ0n) is 16.1. The molecule has 0 atom stereocenters. The molecule has 6 heteroatoms. The minimum absolute atomic E-state index is 0.00215. The van der Waals surface area contributed by atoms with Gasteiger partial charge < -0.3 is 10.2 Å². The molecule has 2 amide bonds. The van der Waals surface area contributed by atoms with Crippen LogP contribution in [0.15, 0.2) is 59.6 Å². The number of amidine groups is 1. The molecule has 28 heavy (non-hydrogen) atoms. The Balaban J connectivity index is 1.27. The lowest BCUT2D eigenvalue weighted by molar-refractivity contribution is 0.182. The molecule has 0 aromatic heterocycles. The molecule has 3 N–H and O–H groups in total. The van der Waals surface area contributed by atoms with E-state index in [0.717, 1.165) is 62.5 Å². The van der Waals surface area contributed by atoms with Gasteiger partial charge >= 0.3 is 6.03 Å². The van der Waals surface area contributed by atoms with Crippen LogP contribution in [-0.2, 0) is 6.42 Å². The third kappa shape index (κ3) is 4.34. The molecule has 0 bridgehead atoms. The number of para-hydroxylation sites is 1. The van der Waals surface area contributed by atoms with Gasteiger partial charge in [0.25, 0.3) is 0 Å². The van der Waals surface area contributed by atoms with Gasteiger partial charge in [-0.25, -0.2) is 10.6 Å². The molecule has 2 heterocycles. The van der Waals surface area contributed by atoms with E-state index in [1.165, 1.54) is 5.56 Å². The SMILES string of the molecule is NN1CCN=C1c1ccc(CC2CCN(C(=O)Nc3ccccc3)CC2)cc1. The molecule has 0 aliphatic carbocycles. The van der Waals surface area contributed by atoms with E-state index in [9.17, 15) is 4.79 Å². The third-order valence-corrected chi connectivity index (χ3v) is 5.54. The number of hydrazine groups is 1. The number of carbonyl (C=O) groups excluding carboxylic acids is 1. The van der Waals surface area contributed by atoms with Crippen LogP contribution in [0.1, 0.15) is 24.0 Å². The second-order valence-electron chi connectivity index (χ2n) is 7.53.